The molecule has 0 saturated carbocycles. The maximum atomic E-state index is 13.1. The van der Waals surface area contributed by atoms with Crippen molar-refractivity contribution in [3.8, 4) is 16.3 Å². The molecule has 3 aliphatic heterocycles. The molecule has 1 aromatic carbocycles. The van der Waals surface area contributed by atoms with E-state index in [1.54, 1.807) is 18.2 Å². The number of nitrogens with zero attached hydrogens (tertiary/aromatic N) is 3. The summed E-state index contributed by atoms with van der Waals surface area (Å²) >= 11 is 1.14. The van der Waals surface area contributed by atoms with Gasteiger partial charge in [0, 0.05) is 35.7 Å². The Morgan fingerprint density at radius 1 is 1.30 bits per heavy atom. The smallest absolute Gasteiger partial charge is 0.397 e. The number of rotatable bonds is 4. The summed E-state index contributed by atoms with van der Waals surface area (Å²) in [5.41, 5.74) is 1.48. The number of benzene rings is 1. The minimum Gasteiger partial charge on any atom is -0.397 e. The predicted molar refractivity (Wildman–Crippen MR) is 103 cm³/mol. The Hall–Kier alpha value is -1.99. The van der Waals surface area contributed by atoms with E-state index in [9.17, 15) is 9.18 Å². The topological polar surface area (TPSA) is 45.7 Å². The van der Waals surface area contributed by atoms with E-state index >= 15 is 0 Å². The summed E-state index contributed by atoms with van der Waals surface area (Å²) in [7, 11) is 0. The molecule has 7 heteroatoms. The number of piperidine rings is 3. The van der Waals surface area contributed by atoms with E-state index in [0.717, 1.165) is 49.6 Å². The molecule has 3 saturated heterocycles. The minimum atomic E-state index is -0.307. The van der Waals surface area contributed by atoms with Crippen LogP contribution in [0.3, 0.4) is 0 Å². The lowest BCUT2D eigenvalue weighted by Crippen LogP contribution is -2.60. The summed E-state index contributed by atoms with van der Waals surface area (Å²) in [5.74, 6) is 0.270. The van der Waals surface area contributed by atoms with Crippen LogP contribution in [0.25, 0.3) is 11.3 Å². The fourth-order valence-electron chi connectivity index (χ4n) is 4.18. The fraction of sp³-hybridized carbons (Fsp3) is 0.500. The fourth-order valence-corrected chi connectivity index (χ4v) is 4.80. The van der Waals surface area contributed by atoms with E-state index in [2.05, 4.69) is 9.27 Å². The van der Waals surface area contributed by atoms with Gasteiger partial charge in [0.15, 0.2) is 0 Å². The van der Waals surface area contributed by atoms with Gasteiger partial charge in [-0.1, -0.05) is 0 Å². The van der Waals surface area contributed by atoms with Gasteiger partial charge in [0.1, 0.15) is 5.82 Å². The molecule has 1 amide bonds. The van der Waals surface area contributed by atoms with Crippen molar-refractivity contribution in [2.45, 2.75) is 38.8 Å². The third-order valence-electron chi connectivity index (χ3n) is 5.56. The molecule has 1 atom stereocenters. The van der Waals surface area contributed by atoms with Gasteiger partial charge < -0.3 is 14.5 Å². The number of halogens is 1. The lowest BCUT2D eigenvalue weighted by molar-refractivity contribution is 0.00159. The van der Waals surface area contributed by atoms with Gasteiger partial charge in [-0.15, -0.1) is 0 Å². The molecule has 0 radical (unpaired) electrons. The Kier molecular flexibility index (Phi) is 5.14. The van der Waals surface area contributed by atoms with E-state index in [0.29, 0.717) is 16.7 Å². The summed E-state index contributed by atoms with van der Waals surface area (Å²) in [6, 6.07) is 8.16. The highest BCUT2D eigenvalue weighted by Crippen LogP contribution is 2.33. The molecule has 2 bridgehead atoms. The van der Waals surface area contributed by atoms with Crippen LogP contribution in [0.4, 0.5) is 9.18 Å². The third kappa shape index (κ3) is 3.84. The molecule has 0 N–H and O–H groups in total. The van der Waals surface area contributed by atoms with Crippen LogP contribution in [0.1, 0.15) is 26.7 Å². The first-order valence-electron chi connectivity index (χ1n) is 9.46. The SMILES string of the molecule is CC(C)N(C(=O)Oc1cc(-c2ccc(F)cc2)ns1)[C@@H]1CN2CCC1CC2. The summed E-state index contributed by atoms with van der Waals surface area (Å²) in [5, 5.41) is 0.464. The van der Waals surface area contributed by atoms with Crippen molar-refractivity contribution in [1.29, 1.82) is 0 Å². The first kappa shape index (κ1) is 18.4. The van der Waals surface area contributed by atoms with Gasteiger partial charge in [0.25, 0.3) is 0 Å². The highest BCUT2D eigenvalue weighted by atomic mass is 32.1. The van der Waals surface area contributed by atoms with E-state index in [-0.39, 0.29) is 24.0 Å². The first-order chi connectivity index (χ1) is 13.0. The Labute approximate surface area is 162 Å². The molecule has 4 heterocycles. The number of carbonyl (C=O) groups is 1. The quantitative estimate of drug-likeness (QED) is 0.784. The molecule has 0 unspecified atom stereocenters. The van der Waals surface area contributed by atoms with Crippen LogP contribution in [0, 0.1) is 11.7 Å². The molecule has 0 aliphatic carbocycles. The summed E-state index contributed by atoms with van der Waals surface area (Å²) in [6.07, 6.45) is 1.99. The van der Waals surface area contributed by atoms with Gasteiger partial charge in [-0.2, -0.15) is 4.37 Å². The highest BCUT2D eigenvalue weighted by molar-refractivity contribution is 7.08. The van der Waals surface area contributed by atoms with Gasteiger partial charge in [-0.3, -0.25) is 0 Å². The molecule has 0 spiro atoms. The standard InChI is InChI=1S/C20H24FN3O2S/c1-13(2)24(18-12-23-9-7-15(18)8-10-23)20(25)26-19-11-17(22-27-19)14-3-5-16(21)6-4-14/h3-6,11,13,15,18H,7-10,12H2,1-2H3/t18-/m1/s1. The van der Waals surface area contributed by atoms with Gasteiger partial charge in [-0.05, 0) is 70.0 Å². The van der Waals surface area contributed by atoms with Gasteiger partial charge in [-0.25, -0.2) is 9.18 Å². The maximum Gasteiger partial charge on any atom is 0.416 e. The number of fused-ring (bicyclic) bond motifs is 3. The number of hydrogen-bond acceptors (Lipinski definition) is 5. The molecule has 5 rings (SSSR count). The second-order valence-electron chi connectivity index (χ2n) is 7.61. The van der Waals surface area contributed by atoms with Crippen LogP contribution < -0.4 is 4.74 Å². The molecule has 2 aromatic rings. The summed E-state index contributed by atoms with van der Waals surface area (Å²) in [4.78, 5) is 17.3. The molecule has 1 aromatic heterocycles. The maximum absolute atomic E-state index is 13.1. The zero-order valence-corrected chi connectivity index (χ0v) is 16.4. The van der Waals surface area contributed by atoms with Crippen LogP contribution in [0.15, 0.2) is 30.3 Å². The van der Waals surface area contributed by atoms with Crippen molar-refractivity contribution in [2.75, 3.05) is 19.6 Å². The molecule has 5 nitrogen and oxygen atoms in total. The highest BCUT2D eigenvalue weighted by Gasteiger charge is 2.41. The zero-order valence-electron chi connectivity index (χ0n) is 15.6. The van der Waals surface area contributed by atoms with Crippen molar-refractivity contribution in [3.63, 3.8) is 0 Å². The van der Waals surface area contributed by atoms with Crippen molar-refractivity contribution >= 4 is 17.6 Å². The second kappa shape index (κ2) is 7.56. The Morgan fingerprint density at radius 3 is 2.59 bits per heavy atom. The predicted octanol–water partition coefficient (Wildman–Crippen LogP) is 4.25. The lowest BCUT2D eigenvalue weighted by Gasteiger charge is -2.49. The van der Waals surface area contributed by atoms with Gasteiger partial charge in [0.2, 0.25) is 5.06 Å². The number of ether oxygens (including phenoxy) is 1. The van der Waals surface area contributed by atoms with Crippen LogP contribution >= 0.6 is 11.5 Å². The van der Waals surface area contributed by atoms with Crippen LogP contribution in [0.5, 0.6) is 5.06 Å². The molecule has 3 fully saturated rings. The molecule has 27 heavy (non-hydrogen) atoms. The van der Waals surface area contributed by atoms with Crippen LogP contribution in [0.2, 0.25) is 0 Å². The van der Waals surface area contributed by atoms with Crippen molar-refractivity contribution < 1.29 is 13.9 Å². The number of aromatic nitrogens is 1. The summed E-state index contributed by atoms with van der Waals surface area (Å²) in [6.45, 7) is 7.28. The number of amides is 1. The normalized spacial score (nSPS) is 24.2. The van der Waals surface area contributed by atoms with Crippen LogP contribution in [-0.4, -0.2) is 52.0 Å². The average molecular weight is 389 g/mol. The Bertz CT molecular complexity index is 800. The number of carbonyl (C=O) groups excluding carboxylic acids is 1. The minimum absolute atomic E-state index is 0.0764. The van der Waals surface area contributed by atoms with E-state index < -0.39 is 0 Å². The van der Waals surface area contributed by atoms with Crippen molar-refractivity contribution in [2.24, 2.45) is 5.92 Å². The van der Waals surface area contributed by atoms with Crippen molar-refractivity contribution in [3.05, 3.63) is 36.1 Å². The number of hydrogen-bond donors (Lipinski definition) is 0. The van der Waals surface area contributed by atoms with Crippen molar-refractivity contribution in [1.82, 2.24) is 14.2 Å². The third-order valence-corrected chi connectivity index (χ3v) is 6.23. The first-order valence-corrected chi connectivity index (χ1v) is 10.2. The Balaban J connectivity index is 1.48. The van der Waals surface area contributed by atoms with Gasteiger partial charge >= 0.3 is 6.09 Å². The van der Waals surface area contributed by atoms with Crippen LogP contribution in [-0.2, 0) is 0 Å². The van der Waals surface area contributed by atoms with E-state index in [1.165, 1.54) is 12.1 Å². The summed E-state index contributed by atoms with van der Waals surface area (Å²) < 4.78 is 23.1. The molecule has 3 aliphatic rings. The largest absolute Gasteiger partial charge is 0.416 e. The molecular formula is C20H24FN3O2S. The Morgan fingerprint density at radius 2 is 2.00 bits per heavy atom. The second-order valence-corrected chi connectivity index (χ2v) is 8.38. The van der Waals surface area contributed by atoms with E-state index in [1.807, 2.05) is 18.7 Å². The average Bonchev–Trinajstić information content (AvgIpc) is 3.11. The van der Waals surface area contributed by atoms with E-state index in [4.69, 9.17) is 4.74 Å². The molecule has 144 valence electrons. The lowest BCUT2D eigenvalue weighted by atomic mass is 9.83. The monoisotopic (exact) mass is 389 g/mol. The zero-order chi connectivity index (χ0) is 19.0. The molecular weight excluding hydrogens is 365 g/mol. The van der Waals surface area contributed by atoms with Gasteiger partial charge in [0.05, 0.1) is 11.7 Å².